The molecule has 0 amide bonds. The molecular formula is C20H22N4O. The fourth-order valence-corrected chi connectivity index (χ4v) is 2.90. The second-order valence-corrected chi connectivity index (χ2v) is 6.33. The maximum atomic E-state index is 12.7. The molecule has 0 spiro atoms. The molecule has 0 unspecified atom stereocenters. The molecule has 5 heteroatoms. The van der Waals surface area contributed by atoms with Gasteiger partial charge < -0.3 is 9.13 Å². The van der Waals surface area contributed by atoms with Crippen LogP contribution in [0.1, 0.15) is 25.0 Å². The van der Waals surface area contributed by atoms with Crippen LogP contribution >= 0.6 is 0 Å². The lowest BCUT2D eigenvalue weighted by Gasteiger charge is -2.10. The van der Waals surface area contributed by atoms with Crippen molar-refractivity contribution in [3.63, 3.8) is 0 Å². The van der Waals surface area contributed by atoms with Crippen LogP contribution in [-0.4, -0.2) is 14.1 Å². The number of rotatable bonds is 4. The van der Waals surface area contributed by atoms with Gasteiger partial charge in [-0.25, -0.2) is 0 Å². The van der Waals surface area contributed by atoms with Crippen LogP contribution in [0.2, 0.25) is 0 Å². The van der Waals surface area contributed by atoms with Crippen LogP contribution in [0.25, 0.3) is 17.0 Å². The van der Waals surface area contributed by atoms with Crippen LogP contribution in [0.3, 0.4) is 0 Å². The standard InChI is InChI=1S/C20H22N4O/c1-4-16-5-6-19(21)24(13-16)12-14(2)11-23-8-7-17-15(3)9-22-10-18(17)20(23)25/h5-10,12-13,21H,4,11H2,1-3H3/b14-12+,21-19?. The molecule has 0 aromatic carbocycles. The van der Waals surface area contributed by atoms with Crippen LogP contribution in [0.5, 0.6) is 0 Å². The molecule has 3 heterocycles. The van der Waals surface area contributed by atoms with E-state index < -0.39 is 0 Å². The van der Waals surface area contributed by atoms with Gasteiger partial charge >= 0.3 is 0 Å². The summed E-state index contributed by atoms with van der Waals surface area (Å²) in [4.78, 5) is 16.8. The summed E-state index contributed by atoms with van der Waals surface area (Å²) in [5.41, 5.74) is 3.54. The number of nitrogens with one attached hydrogen (secondary N) is 1. The SMILES string of the molecule is CCc1ccc(=N)n(/C=C(\C)Cn2ccc3c(C)cncc3c2=O)c1. The van der Waals surface area contributed by atoms with Gasteiger partial charge in [-0.15, -0.1) is 0 Å². The molecule has 0 aliphatic carbocycles. The molecule has 3 aromatic heterocycles. The molecule has 0 aliphatic heterocycles. The summed E-state index contributed by atoms with van der Waals surface area (Å²) >= 11 is 0. The van der Waals surface area contributed by atoms with Crippen molar-refractivity contribution in [1.29, 1.82) is 5.41 Å². The summed E-state index contributed by atoms with van der Waals surface area (Å²) in [6.07, 6.45) is 10.0. The number of aromatic nitrogens is 3. The number of hydrogen-bond acceptors (Lipinski definition) is 3. The predicted octanol–water partition coefficient (Wildman–Crippen LogP) is 3.11. The lowest BCUT2D eigenvalue weighted by atomic mass is 10.1. The molecule has 0 radical (unpaired) electrons. The van der Waals surface area contributed by atoms with Crippen LogP contribution < -0.4 is 11.0 Å². The number of nitrogens with zero attached hydrogens (tertiary/aromatic N) is 3. The zero-order chi connectivity index (χ0) is 18.0. The normalized spacial score (nSPS) is 11.9. The molecule has 0 atom stereocenters. The number of pyridine rings is 3. The Balaban J connectivity index is 1.97. The maximum Gasteiger partial charge on any atom is 0.260 e. The monoisotopic (exact) mass is 334 g/mol. The maximum absolute atomic E-state index is 12.7. The van der Waals surface area contributed by atoms with Gasteiger partial charge in [-0.3, -0.25) is 15.2 Å². The quantitative estimate of drug-likeness (QED) is 0.797. The van der Waals surface area contributed by atoms with E-state index in [-0.39, 0.29) is 5.56 Å². The average Bonchev–Trinajstić information content (AvgIpc) is 2.60. The third-order valence-electron chi connectivity index (χ3n) is 4.33. The van der Waals surface area contributed by atoms with Gasteiger partial charge in [-0.2, -0.15) is 0 Å². The van der Waals surface area contributed by atoms with Crippen LogP contribution in [0.4, 0.5) is 0 Å². The number of aryl methyl sites for hydroxylation is 2. The van der Waals surface area contributed by atoms with Gasteiger partial charge in [-0.05, 0) is 54.5 Å². The fraction of sp³-hybridized carbons (Fsp3) is 0.250. The van der Waals surface area contributed by atoms with Crippen molar-refractivity contribution in [1.82, 2.24) is 14.1 Å². The molecule has 0 aliphatic rings. The molecule has 0 bridgehead atoms. The Bertz CT molecular complexity index is 1070. The lowest BCUT2D eigenvalue weighted by molar-refractivity contribution is 0.752. The summed E-state index contributed by atoms with van der Waals surface area (Å²) in [6.45, 7) is 6.49. The molecule has 25 heavy (non-hydrogen) atoms. The van der Waals surface area contributed by atoms with Crippen molar-refractivity contribution in [3.05, 3.63) is 75.5 Å². The van der Waals surface area contributed by atoms with E-state index in [1.165, 1.54) is 5.56 Å². The fourth-order valence-electron chi connectivity index (χ4n) is 2.90. The Morgan fingerprint density at radius 3 is 2.80 bits per heavy atom. The molecule has 3 aromatic rings. The van der Waals surface area contributed by atoms with Crippen molar-refractivity contribution in [2.75, 3.05) is 0 Å². The van der Waals surface area contributed by atoms with E-state index in [1.54, 1.807) is 27.6 Å². The van der Waals surface area contributed by atoms with E-state index in [0.717, 1.165) is 22.9 Å². The highest BCUT2D eigenvalue weighted by molar-refractivity contribution is 5.83. The minimum absolute atomic E-state index is 0.0418. The molecule has 3 rings (SSSR count). The number of hydrogen-bond donors (Lipinski definition) is 1. The van der Waals surface area contributed by atoms with Gasteiger partial charge in [0.1, 0.15) is 5.49 Å². The third kappa shape index (κ3) is 3.45. The number of fused-ring (bicyclic) bond motifs is 1. The van der Waals surface area contributed by atoms with Gasteiger partial charge in [0, 0.05) is 37.5 Å². The van der Waals surface area contributed by atoms with Crippen LogP contribution in [0, 0.1) is 12.3 Å². The van der Waals surface area contributed by atoms with Crippen molar-refractivity contribution in [3.8, 4) is 0 Å². The Kier molecular flexibility index (Phi) is 4.65. The van der Waals surface area contributed by atoms with E-state index in [2.05, 4.69) is 11.9 Å². The zero-order valence-electron chi connectivity index (χ0n) is 14.8. The summed E-state index contributed by atoms with van der Waals surface area (Å²) < 4.78 is 3.48. The molecule has 1 N–H and O–H groups in total. The summed E-state index contributed by atoms with van der Waals surface area (Å²) in [7, 11) is 0. The average molecular weight is 334 g/mol. The van der Waals surface area contributed by atoms with Gasteiger partial charge in [0.05, 0.1) is 5.39 Å². The van der Waals surface area contributed by atoms with Gasteiger partial charge in [0.15, 0.2) is 0 Å². The summed E-state index contributed by atoms with van der Waals surface area (Å²) in [5, 5.41) is 9.61. The highest BCUT2D eigenvalue weighted by atomic mass is 16.1. The molecule has 128 valence electrons. The second-order valence-electron chi connectivity index (χ2n) is 6.33. The first-order chi connectivity index (χ1) is 12.0. The highest BCUT2D eigenvalue weighted by Crippen LogP contribution is 2.13. The minimum Gasteiger partial charge on any atom is -0.311 e. The van der Waals surface area contributed by atoms with Crippen LogP contribution in [0.15, 0.2) is 53.4 Å². The van der Waals surface area contributed by atoms with E-state index >= 15 is 0 Å². The van der Waals surface area contributed by atoms with Crippen LogP contribution in [-0.2, 0) is 13.0 Å². The Morgan fingerprint density at radius 2 is 2.04 bits per heavy atom. The largest absolute Gasteiger partial charge is 0.311 e. The molecule has 5 nitrogen and oxygen atoms in total. The molecule has 0 fully saturated rings. The smallest absolute Gasteiger partial charge is 0.260 e. The first-order valence-electron chi connectivity index (χ1n) is 8.36. The highest BCUT2D eigenvalue weighted by Gasteiger charge is 2.05. The Hall–Kier alpha value is -2.95. The molecular weight excluding hydrogens is 312 g/mol. The van der Waals surface area contributed by atoms with E-state index in [4.69, 9.17) is 5.41 Å². The first kappa shape index (κ1) is 16.9. The van der Waals surface area contributed by atoms with E-state index in [1.807, 2.05) is 44.6 Å². The van der Waals surface area contributed by atoms with Crippen molar-refractivity contribution in [2.24, 2.45) is 0 Å². The Morgan fingerprint density at radius 1 is 1.24 bits per heavy atom. The van der Waals surface area contributed by atoms with Gasteiger partial charge in [0.25, 0.3) is 5.56 Å². The van der Waals surface area contributed by atoms with E-state index in [9.17, 15) is 4.79 Å². The van der Waals surface area contributed by atoms with Crippen molar-refractivity contribution >= 4 is 17.0 Å². The molecule has 0 saturated heterocycles. The van der Waals surface area contributed by atoms with E-state index in [0.29, 0.717) is 17.4 Å². The van der Waals surface area contributed by atoms with Crippen molar-refractivity contribution in [2.45, 2.75) is 33.7 Å². The van der Waals surface area contributed by atoms with Crippen molar-refractivity contribution < 1.29 is 0 Å². The topological polar surface area (TPSA) is 63.7 Å². The predicted molar refractivity (Wildman–Crippen MR) is 100 cm³/mol. The minimum atomic E-state index is -0.0418. The lowest BCUT2D eigenvalue weighted by Crippen LogP contribution is -2.21. The van der Waals surface area contributed by atoms with Gasteiger partial charge in [-0.1, -0.05) is 13.0 Å². The first-order valence-corrected chi connectivity index (χ1v) is 8.36. The Labute approximate surface area is 146 Å². The summed E-state index contributed by atoms with van der Waals surface area (Å²) in [5.74, 6) is 0. The second kappa shape index (κ2) is 6.89. The third-order valence-corrected chi connectivity index (χ3v) is 4.33. The molecule has 0 saturated carbocycles. The van der Waals surface area contributed by atoms with Gasteiger partial charge in [0.2, 0.25) is 0 Å². The summed E-state index contributed by atoms with van der Waals surface area (Å²) in [6, 6.07) is 5.71. The number of allylic oxidation sites excluding steroid dienone is 1. The zero-order valence-corrected chi connectivity index (χ0v) is 14.8.